The quantitative estimate of drug-likeness (QED) is 0.189. The number of carbonyl (C=O) groups is 2. The third-order valence-corrected chi connectivity index (χ3v) is 7.67. The van der Waals surface area contributed by atoms with Gasteiger partial charge in [0, 0.05) is 34.2 Å². The zero-order chi connectivity index (χ0) is 27.5. The molecule has 3 heterocycles. The highest BCUT2D eigenvalue weighted by molar-refractivity contribution is 6.61. The number of hydrogen-bond acceptors (Lipinski definition) is 2. The number of aldehydes is 2. The van der Waals surface area contributed by atoms with E-state index in [0.29, 0.717) is 40.4 Å². The lowest BCUT2D eigenvalue weighted by atomic mass is 9.85. The largest absolute Gasteiger partial charge is 0.738 e. The summed E-state index contributed by atoms with van der Waals surface area (Å²) in [6.45, 7) is -2.55. The van der Waals surface area contributed by atoms with Crippen LogP contribution in [0.4, 0.5) is 8.63 Å². The van der Waals surface area contributed by atoms with Crippen molar-refractivity contribution in [1.82, 2.24) is 4.48 Å². The highest BCUT2D eigenvalue weighted by Gasteiger charge is 2.56. The summed E-state index contributed by atoms with van der Waals surface area (Å²) in [5, 5.41) is 0.313. The van der Waals surface area contributed by atoms with Crippen LogP contribution < -0.4 is 0 Å². The molecule has 9 heteroatoms. The van der Waals surface area contributed by atoms with Crippen molar-refractivity contribution in [3.8, 4) is 11.3 Å². The first-order valence-corrected chi connectivity index (χ1v) is 12.9. The Morgan fingerprint density at radius 3 is 1.90 bits per heavy atom. The Morgan fingerprint density at radius 2 is 1.33 bits per heavy atom. The topological polar surface area (TPSA) is 42.1 Å². The maximum absolute atomic E-state index is 16.9. The molecule has 2 aliphatic rings. The molecule has 2 aliphatic heterocycles. The molecule has 0 atom stereocenters. The van der Waals surface area contributed by atoms with E-state index in [0.717, 1.165) is 20.1 Å². The number of fused-ring (bicyclic) bond motifs is 2. The van der Waals surface area contributed by atoms with Crippen LogP contribution in [0.15, 0.2) is 95.7 Å². The minimum atomic E-state index is -4.50. The summed E-state index contributed by atoms with van der Waals surface area (Å²) in [5.74, 6) is 0. The van der Waals surface area contributed by atoms with Gasteiger partial charge in [-0.1, -0.05) is 89.4 Å². The summed E-state index contributed by atoms with van der Waals surface area (Å²) < 4.78 is 35.8. The fourth-order valence-electron chi connectivity index (χ4n) is 5.27. The van der Waals surface area contributed by atoms with E-state index in [-0.39, 0.29) is 32.9 Å². The van der Waals surface area contributed by atoms with E-state index in [1.807, 2.05) is 31.2 Å². The highest BCUT2D eigenvalue weighted by Crippen LogP contribution is 2.47. The van der Waals surface area contributed by atoms with Gasteiger partial charge in [0.2, 0.25) is 0 Å². The van der Waals surface area contributed by atoms with Crippen LogP contribution in [-0.4, -0.2) is 34.2 Å². The van der Waals surface area contributed by atoms with Crippen molar-refractivity contribution < 1.29 is 22.7 Å². The van der Waals surface area contributed by atoms with Crippen LogP contribution in [0.5, 0.6) is 0 Å². The van der Waals surface area contributed by atoms with Gasteiger partial charge in [-0.3, -0.25) is 9.59 Å². The smallest absolute Gasteiger partial charge is 0.389 e. The maximum Gasteiger partial charge on any atom is 0.738 e. The summed E-state index contributed by atoms with van der Waals surface area (Å²) in [6.07, 6.45) is 2.94. The Balaban J connectivity index is 1.70. The molecule has 0 spiro atoms. The van der Waals surface area contributed by atoms with Crippen molar-refractivity contribution in [3.05, 3.63) is 134 Å². The molecule has 0 saturated carbocycles. The van der Waals surface area contributed by atoms with Crippen molar-refractivity contribution in [3.63, 3.8) is 0 Å². The fraction of sp³-hybridized carbons (Fsp3) is 0.0333. The molecular formula is C30H19BCl2F2N2O2. The molecule has 192 valence electrons. The van der Waals surface area contributed by atoms with E-state index < -0.39 is 6.97 Å². The highest BCUT2D eigenvalue weighted by atomic mass is 35.5. The standard InChI is InChI=1S/C30H19BCl2F2N2O2/c1-18-2-8-21(9-3-18)28-26-14-24(32)29(22-10-4-19(16-38)5-11-22)36(26)31(34,35)37-27(28)15-25(33)30(37)23-12-6-20(17-39)7-13-23/h2-17H,1H3. The van der Waals surface area contributed by atoms with Gasteiger partial charge >= 0.3 is 6.97 Å². The van der Waals surface area contributed by atoms with Crippen molar-refractivity contribution in [1.29, 1.82) is 0 Å². The SMILES string of the molecule is Cc1ccc(C2=C3C=C(Cl)C(c4ccc(C=O)cc4)=[N+]3[B-](F)(F)n3c2cc(Cl)c3-c2ccc(C=O)cc2)cc1. The Hall–Kier alpha value is -4.07. The van der Waals surface area contributed by atoms with Gasteiger partial charge in [-0.25, -0.2) is 0 Å². The summed E-state index contributed by atoms with van der Waals surface area (Å²) in [6, 6.07) is 21.8. The lowest BCUT2D eigenvalue weighted by Gasteiger charge is -2.33. The fourth-order valence-corrected chi connectivity index (χ4v) is 5.88. The second-order valence-electron chi connectivity index (χ2n) is 9.50. The Bertz CT molecular complexity index is 1770. The number of halogens is 4. The van der Waals surface area contributed by atoms with Crippen molar-refractivity contribution in [2.24, 2.45) is 0 Å². The molecule has 1 aromatic heterocycles. The van der Waals surface area contributed by atoms with Crippen molar-refractivity contribution in [2.75, 3.05) is 0 Å². The zero-order valence-electron chi connectivity index (χ0n) is 20.5. The number of nitrogens with zero attached hydrogens (tertiary/aromatic N) is 2. The molecule has 0 fully saturated rings. The molecule has 0 bridgehead atoms. The third kappa shape index (κ3) is 3.92. The molecule has 0 aliphatic carbocycles. The minimum absolute atomic E-state index is 0.136. The minimum Gasteiger partial charge on any atom is -0.389 e. The molecule has 3 aromatic carbocycles. The summed E-state index contributed by atoms with van der Waals surface area (Å²) in [4.78, 5) is 22.4. The summed E-state index contributed by atoms with van der Waals surface area (Å²) in [5.41, 5.74) is 4.82. The maximum atomic E-state index is 16.9. The van der Waals surface area contributed by atoms with Crippen LogP contribution in [0.1, 0.15) is 43.1 Å². The average molecular weight is 559 g/mol. The number of hydrogen-bond donors (Lipinski definition) is 0. The van der Waals surface area contributed by atoms with Crippen LogP contribution in [0, 0.1) is 6.92 Å². The first kappa shape index (κ1) is 25.2. The van der Waals surface area contributed by atoms with Gasteiger partial charge < -0.3 is 17.6 Å². The Kier molecular flexibility index (Phi) is 6.01. The molecule has 4 aromatic rings. The lowest BCUT2D eigenvalue weighted by molar-refractivity contribution is -0.360. The van der Waals surface area contributed by atoms with Gasteiger partial charge in [0.1, 0.15) is 17.6 Å². The van der Waals surface area contributed by atoms with E-state index in [9.17, 15) is 9.59 Å². The van der Waals surface area contributed by atoms with Gasteiger partial charge in [-0.15, -0.1) is 0 Å². The molecule has 0 N–H and O–H groups in total. The first-order valence-electron chi connectivity index (χ1n) is 12.1. The van der Waals surface area contributed by atoms with Gasteiger partial charge in [0.15, 0.2) is 11.4 Å². The van der Waals surface area contributed by atoms with Gasteiger partial charge in [0.05, 0.1) is 10.6 Å². The molecule has 39 heavy (non-hydrogen) atoms. The summed E-state index contributed by atoms with van der Waals surface area (Å²) in [7, 11) is 0. The predicted molar refractivity (Wildman–Crippen MR) is 151 cm³/mol. The normalized spacial score (nSPS) is 15.7. The number of benzene rings is 3. The number of rotatable bonds is 5. The van der Waals surface area contributed by atoms with Crippen molar-refractivity contribution >= 4 is 54.0 Å². The van der Waals surface area contributed by atoms with E-state index in [2.05, 4.69) is 0 Å². The molecule has 0 saturated heterocycles. The first-order chi connectivity index (χ1) is 18.7. The molecule has 6 rings (SSSR count). The Labute approximate surface area is 233 Å². The molecular weight excluding hydrogens is 540 g/mol. The number of allylic oxidation sites excluding steroid dienone is 2. The Morgan fingerprint density at radius 1 is 0.795 bits per heavy atom. The molecule has 0 amide bonds. The second-order valence-corrected chi connectivity index (χ2v) is 10.3. The molecule has 4 nitrogen and oxygen atoms in total. The molecule has 0 unspecified atom stereocenters. The van der Waals surface area contributed by atoms with Crippen LogP contribution in [0.25, 0.3) is 16.8 Å². The van der Waals surface area contributed by atoms with Crippen LogP contribution >= 0.6 is 23.2 Å². The van der Waals surface area contributed by atoms with E-state index in [4.69, 9.17) is 23.2 Å². The van der Waals surface area contributed by atoms with Crippen LogP contribution in [0.2, 0.25) is 5.02 Å². The monoisotopic (exact) mass is 558 g/mol. The summed E-state index contributed by atoms with van der Waals surface area (Å²) >= 11 is 13.4. The molecule has 0 radical (unpaired) electrons. The van der Waals surface area contributed by atoms with Crippen LogP contribution in [0.3, 0.4) is 0 Å². The van der Waals surface area contributed by atoms with Gasteiger partial charge in [-0.2, -0.15) is 0 Å². The third-order valence-electron chi connectivity index (χ3n) is 7.09. The van der Waals surface area contributed by atoms with E-state index >= 15 is 8.63 Å². The van der Waals surface area contributed by atoms with Crippen molar-refractivity contribution in [2.45, 2.75) is 6.92 Å². The van der Waals surface area contributed by atoms with E-state index in [1.165, 1.54) is 0 Å². The van der Waals surface area contributed by atoms with Gasteiger partial charge in [0.25, 0.3) is 0 Å². The van der Waals surface area contributed by atoms with Gasteiger partial charge in [-0.05, 0) is 36.2 Å². The number of aromatic nitrogens is 1. The average Bonchev–Trinajstić information content (AvgIpc) is 3.47. The predicted octanol–water partition coefficient (Wildman–Crippen LogP) is 7.38. The zero-order valence-corrected chi connectivity index (χ0v) is 22.0. The number of aryl methyl sites for hydroxylation is 1. The lowest BCUT2D eigenvalue weighted by Crippen LogP contribution is -2.51. The number of carbonyl (C=O) groups excluding carboxylic acids is 2. The van der Waals surface area contributed by atoms with E-state index in [1.54, 1.807) is 60.7 Å². The second kappa shape index (κ2) is 9.29. The van der Waals surface area contributed by atoms with Crippen LogP contribution in [-0.2, 0) is 0 Å².